The van der Waals surface area contributed by atoms with Crippen LogP contribution in [0.5, 0.6) is 0 Å². The second-order valence-corrected chi connectivity index (χ2v) is 9.82. The minimum atomic E-state index is -0.00698. The molecule has 2 atom stereocenters. The Kier molecular flexibility index (Phi) is 7.07. The third-order valence-corrected chi connectivity index (χ3v) is 7.23. The number of hydrogen-bond donors (Lipinski definition) is 1. The van der Waals surface area contributed by atoms with Crippen LogP contribution < -0.4 is 5.32 Å². The first kappa shape index (κ1) is 23.7. The van der Waals surface area contributed by atoms with Crippen molar-refractivity contribution < 1.29 is 0 Å². The minimum Gasteiger partial charge on any atom is -0.352 e. The summed E-state index contributed by atoms with van der Waals surface area (Å²) in [6, 6.07) is 14.5. The van der Waals surface area contributed by atoms with Crippen molar-refractivity contribution in [1.29, 1.82) is 0 Å². The van der Waals surface area contributed by atoms with Gasteiger partial charge in [0.25, 0.3) is 0 Å². The molecule has 33 heavy (non-hydrogen) atoms. The summed E-state index contributed by atoms with van der Waals surface area (Å²) in [6.45, 7) is 8.33. The molecule has 4 rings (SSSR count). The Morgan fingerprint density at radius 3 is 2.61 bits per heavy atom. The molecule has 1 aliphatic rings. The molecule has 1 saturated heterocycles. The molecular weight excluding hydrogens is 450 g/mol. The van der Waals surface area contributed by atoms with Gasteiger partial charge in [0.2, 0.25) is 0 Å². The fourth-order valence-corrected chi connectivity index (χ4v) is 5.34. The molecule has 5 nitrogen and oxygen atoms in total. The van der Waals surface area contributed by atoms with Gasteiger partial charge in [-0.15, -0.1) is 0 Å². The van der Waals surface area contributed by atoms with Gasteiger partial charge in [-0.1, -0.05) is 23.7 Å². The zero-order valence-electron chi connectivity index (χ0n) is 20.0. The van der Waals surface area contributed by atoms with Crippen LogP contribution in [0.1, 0.15) is 46.7 Å². The number of nitrogens with zero attached hydrogens (tertiary/aromatic N) is 4. The van der Waals surface area contributed by atoms with Crippen LogP contribution in [0.15, 0.2) is 48.7 Å². The van der Waals surface area contributed by atoms with Crippen LogP contribution in [-0.2, 0) is 0 Å². The third-order valence-electron chi connectivity index (χ3n) is 6.47. The summed E-state index contributed by atoms with van der Waals surface area (Å²) < 4.78 is 2.31. The number of benzene rings is 1. The van der Waals surface area contributed by atoms with Crippen LogP contribution in [0, 0.1) is 20.8 Å². The normalized spacial score (nSPS) is 18.3. The number of hydrogen-bond acceptors (Lipinski definition) is 3. The molecule has 0 saturated carbocycles. The Morgan fingerprint density at radius 2 is 1.91 bits per heavy atom. The van der Waals surface area contributed by atoms with Gasteiger partial charge in [0.1, 0.15) is 0 Å². The van der Waals surface area contributed by atoms with Gasteiger partial charge in [0, 0.05) is 34.8 Å². The van der Waals surface area contributed by atoms with Crippen LogP contribution in [0.25, 0.3) is 5.69 Å². The lowest BCUT2D eigenvalue weighted by Crippen LogP contribution is -2.32. The van der Waals surface area contributed by atoms with Crippen LogP contribution in [0.3, 0.4) is 0 Å². The number of nitrogens with one attached hydrogen (secondary N) is 1. The number of rotatable bonds is 7. The van der Waals surface area contributed by atoms with E-state index in [9.17, 15) is 0 Å². The predicted octanol–water partition coefficient (Wildman–Crippen LogP) is 5.38. The SMILES string of the molecule is Cc1c(Cl)cccc1-n1c(C)cc([C@H]2[C@H](c3ccccn3)NC(=S)N2CCCN(C)C)c1C. The molecular formula is C26H32ClN5S. The number of aromatic nitrogens is 2. The van der Waals surface area contributed by atoms with E-state index < -0.39 is 0 Å². The average Bonchev–Trinajstić information content (AvgIpc) is 3.26. The largest absolute Gasteiger partial charge is 0.352 e. The number of aryl methyl sites for hydroxylation is 1. The Morgan fingerprint density at radius 1 is 1.12 bits per heavy atom. The number of thiocarbonyl (C=S) groups is 1. The van der Waals surface area contributed by atoms with Gasteiger partial charge in [-0.3, -0.25) is 4.98 Å². The highest BCUT2D eigenvalue weighted by molar-refractivity contribution is 7.80. The van der Waals surface area contributed by atoms with E-state index in [-0.39, 0.29) is 12.1 Å². The second-order valence-electron chi connectivity index (χ2n) is 9.02. The summed E-state index contributed by atoms with van der Waals surface area (Å²) in [7, 11) is 4.21. The molecule has 0 unspecified atom stereocenters. The van der Waals surface area contributed by atoms with Gasteiger partial charge in [-0.25, -0.2) is 0 Å². The first-order valence-electron chi connectivity index (χ1n) is 11.4. The molecule has 2 aromatic heterocycles. The number of pyridine rings is 1. The van der Waals surface area contributed by atoms with Crippen molar-refractivity contribution in [1.82, 2.24) is 24.7 Å². The zero-order valence-corrected chi connectivity index (χ0v) is 21.5. The fourth-order valence-electron chi connectivity index (χ4n) is 4.84. The first-order chi connectivity index (χ1) is 15.8. The maximum atomic E-state index is 6.47. The lowest BCUT2D eigenvalue weighted by molar-refractivity contribution is 0.292. The van der Waals surface area contributed by atoms with E-state index in [2.05, 4.69) is 77.7 Å². The van der Waals surface area contributed by atoms with E-state index in [4.69, 9.17) is 23.8 Å². The maximum absolute atomic E-state index is 6.47. The summed E-state index contributed by atoms with van der Waals surface area (Å²) in [6.07, 6.45) is 2.89. The molecule has 1 N–H and O–H groups in total. The lowest BCUT2D eigenvalue weighted by Gasteiger charge is -2.28. The molecule has 0 bridgehead atoms. The molecule has 174 valence electrons. The quantitative estimate of drug-likeness (QED) is 0.459. The monoisotopic (exact) mass is 481 g/mol. The van der Waals surface area contributed by atoms with Crippen LogP contribution >= 0.6 is 23.8 Å². The zero-order chi connectivity index (χ0) is 23.7. The van der Waals surface area contributed by atoms with Crippen molar-refractivity contribution in [3.63, 3.8) is 0 Å². The van der Waals surface area contributed by atoms with Crippen molar-refractivity contribution in [2.75, 3.05) is 27.2 Å². The van der Waals surface area contributed by atoms with Gasteiger partial charge in [0.15, 0.2) is 5.11 Å². The predicted molar refractivity (Wildman–Crippen MR) is 140 cm³/mol. The third kappa shape index (κ3) is 4.65. The smallest absolute Gasteiger partial charge is 0.170 e. The van der Waals surface area contributed by atoms with Gasteiger partial charge in [-0.05, 0) is 102 Å². The first-order valence-corrected chi connectivity index (χ1v) is 12.2. The molecule has 0 aliphatic carbocycles. The second kappa shape index (κ2) is 9.84. The maximum Gasteiger partial charge on any atom is 0.170 e. The van der Waals surface area contributed by atoms with Gasteiger partial charge in [-0.2, -0.15) is 0 Å². The standard InChI is InChI=1S/C26H32ClN5S/c1-17-16-20(19(3)32(17)23-12-8-10-21(27)18(23)2)25-24(22-11-6-7-13-28-22)29-26(33)31(25)15-9-14-30(4)5/h6-8,10-13,16,24-25H,9,14-15H2,1-5H3,(H,29,33)/t24-,25-/m0/s1. The van der Waals surface area contributed by atoms with E-state index in [0.29, 0.717) is 0 Å². The average molecular weight is 482 g/mol. The molecule has 7 heteroatoms. The van der Waals surface area contributed by atoms with E-state index in [0.717, 1.165) is 46.6 Å². The molecule has 1 aromatic carbocycles. The summed E-state index contributed by atoms with van der Waals surface area (Å²) in [5.74, 6) is 0. The van der Waals surface area contributed by atoms with Gasteiger partial charge in [0.05, 0.1) is 17.8 Å². The highest BCUT2D eigenvalue weighted by atomic mass is 35.5. The summed E-state index contributed by atoms with van der Waals surface area (Å²) >= 11 is 12.3. The van der Waals surface area contributed by atoms with Gasteiger partial charge >= 0.3 is 0 Å². The highest BCUT2D eigenvalue weighted by Gasteiger charge is 2.41. The van der Waals surface area contributed by atoms with Crippen LogP contribution in [0.4, 0.5) is 0 Å². The lowest BCUT2D eigenvalue weighted by atomic mass is 9.96. The number of halogens is 1. The van der Waals surface area contributed by atoms with Crippen LogP contribution in [0.2, 0.25) is 5.02 Å². The topological polar surface area (TPSA) is 36.3 Å². The Balaban J connectivity index is 1.80. The Labute approximate surface area is 207 Å². The summed E-state index contributed by atoms with van der Waals surface area (Å²) in [5, 5.41) is 5.14. The molecule has 1 fully saturated rings. The summed E-state index contributed by atoms with van der Waals surface area (Å²) in [5.41, 5.74) is 6.84. The van der Waals surface area contributed by atoms with Crippen LogP contribution in [-0.4, -0.2) is 51.6 Å². The van der Waals surface area contributed by atoms with Crippen molar-refractivity contribution in [2.24, 2.45) is 0 Å². The molecule has 3 heterocycles. The molecule has 0 spiro atoms. The molecule has 0 amide bonds. The fraction of sp³-hybridized carbons (Fsp3) is 0.385. The van der Waals surface area contributed by atoms with Crippen molar-refractivity contribution in [2.45, 2.75) is 39.3 Å². The van der Waals surface area contributed by atoms with E-state index in [1.165, 1.54) is 17.0 Å². The summed E-state index contributed by atoms with van der Waals surface area (Å²) in [4.78, 5) is 9.23. The van der Waals surface area contributed by atoms with Crippen molar-refractivity contribution in [3.05, 3.63) is 81.9 Å². The van der Waals surface area contributed by atoms with E-state index >= 15 is 0 Å². The molecule has 1 aliphatic heterocycles. The van der Waals surface area contributed by atoms with E-state index in [1.54, 1.807) is 0 Å². The highest BCUT2D eigenvalue weighted by Crippen LogP contribution is 2.41. The van der Waals surface area contributed by atoms with Gasteiger partial charge < -0.3 is 19.7 Å². The molecule has 3 aromatic rings. The van der Waals surface area contributed by atoms with Crippen molar-refractivity contribution >= 4 is 28.9 Å². The van der Waals surface area contributed by atoms with Crippen molar-refractivity contribution in [3.8, 4) is 5.69 Å². The minimum absolute atomic E-state index is 0.00698. The van der Waals surface area contributed by atoms with E-state index in [1.807, 2.05) is 30.5 Å². The molecule has 0 radical (unpaired) electrons. The Bertz CT molecular complexity index is 1140. The Hall–Kier alpha value is -2.41.